The first kappa shape index (κ1) is 12.2. The van der Waals surface area contributed by atoms with E-state index < -0.39 is 0 Å². The standard InChI is InChI=1S/C15H15NO2/c1-11-8-12(2)10-13(9-11)16-6-5-14(17)15-4-3-7-18-15/h3-10,16H,1-2H3/b6-5+. The van der Waals surface area contributed by atoms with Crippen LogP contribution in [-0.2, 0) is 0 Å². The summed E-state index contributed by atoms with van der Waals surface area (Å²) in [5.74, 6) is 0.186. The van der Waals surface area contributed by atoms with Crippen molar-refractivity contribution in [1.29, 1.82) is 0 Å². The molecule has 0 saturated carbocycles. The van der Waals surface area contributed by atoms with Gasteiger partial charge in [0, 0.05) is 18.0 Å². The maximum atomic E-state index is 11.6. The number of allylic oxidation sites excluding steroid dienone is 1. The van der Waals surface area contributed by atoms with Gasteiger partial charge in [0.1, 0.15) is 0 Å². The number of nitrogens with one attached hydrogen (secondary N) is 1. The van der Waals surface area contributed by atoms with Gasteiger partial charge < -0.3 is 9.73 Å². The maximum Gasteiger partial charge on any atom is 0.222 e. The number of furan rings is 1. The van der Waals surface area contributed by atoms with Crippen LogP contribution in [0, 0.1) is 13.8 Å². The van der Waals surface area contributed by atoms with Crippen molar-refractivity contribution in [2.75, 3.05) is 5.32 Å². The zero-order valence-corrected chi connectivity index (χ0v) is 10.4. The number of ketones is 1. The SMILES string of the molecule is Cc1cc(C)cc(N/C=C/C(=O)c2ccco2)c1. The van der Waals surface area contributed by atoms with Crippen LogP contribution >= 0.6 is 0 Å². The number of anilines is 1. The molecule has 3 heteroatoms. The summed E-state index contributed by atoms with van der Waals surface area (Å²) in [6.07, 6.45) is 4.56. The fourth-order valence-corrected chi connectivity index (χ4v) is 1.77. The summed E-state index contributed by atoms with van der Waals surface area (Å²) >= 11 is 0. The second kappa shape index (κ2) is 5.36. The van der Waals surface area contributed by atoms with E-state index in [1.54, 1.807) is 18.3 Å². The summed E-state index contributed by atoms with van der Waals surface area (Å²) in [6, 6.07) is 9.48. The highest BCUT2D eigenvalue weighted by molar-refractivity contribution is 6.02. The predicted molar refractivity (Wildman–Crippen MR) is 71.7 cm³/mol. The minimum Gasteiger partial charge on any atom is -0.461 e. The summed E-state index contributed by atoms with van der Waals surface area (Å²) in [5.41, 5.74) is 3.34. The van der Waals surface area contributed by atoms with Crippen LogP contribution < -0.4 is 5.32 Å². The second-order valence-corrected chi connectivity index (χ2v) is 4.20. The quantitative estimate of drug-likeness (QED) is 0.655. The summed E-state index contributed by atoms with van der Waals surface area (Å²) in [4.78, 5) is 11.6. The van der Waals surface area contributed by atoms with Crippen molar-refractivity contribution < 1.29 is 9.21 Å². The molecule has 1 aromatic heterocycles. The molecule has 1 aromatic carbocycles. The molecule has 1 heterocycles. The number of carbonyl (C=O) groups is 1. The van der Waals surface area contributed by atoms with Crippen LogP contribution in [0.15, 0.2) is 53.3 Å². The monoisotopic (exact) mass is 241 g/mol. The molecule has 2 aromatic rings. The molecular formula is C15H15NO2. The number of benzene rings is 1. The second-order valence-electron chi connectivity index (χ2n) is 4.20. The van der Waals surface area contributed by atoms with Crippen LogP contribution in [0.1, 0.15) is 21.7 Å². The molecule has 1 N–H and O–H groups in total. The van der Waals surface area contributed by atoms with Gasteiger partial charge in [-0.15, -0.1) is 0 Å². The summed E-state index contributed by atoms with van der Waals surface area (Å²) in [6.45, 7) is 4.08. The average molecular weight is 241 g/mol. The van der Waals surface area contributed by atoms with Crippen LogP contribution in [0.3, 0.4) is 0 Å². The minimum absolute atomic E-state index is 0.156. The maximum absolute atomic E-state index is 11.6. The molecule has 0 unspecified atom stereocenters. The van der Waals surface area contributed by atoms with Gasteiger partial charge in [0.2, 0.25) is 5.78 Å². The Morgan fingerprint density at radius 3 is 2.56 bits per heavy atom. The summed E-state index contributed by atoms with van der Waals surface area (Å²) in [5, 5.41) is 3.08. The largest absolute Gasteiger partial charge is 0.461 e. The molecule has 0 aliphatic carbocycles. The van der Waals surface area contributed by atoms with Gasteiger partial charge >= 0.3 is 0 Å². The smallest absolute Gasteiger partial charge is 0.222 e. The highest BCUT2D eigenvalue weighted by Gasteiger charge is 2.03. The van der Waals surface area contributed by atoms with Gasteiger partial charge in [-0.2, -0.15) is 0 Å². The molecule has 0 aliphatic heterocycles. The van der Waals surface area contributed by atoms with E-state index in [2.05, 4.69) is 11.4 Å². The van der Waals surface area contributed by atoms with Crippen molar-refractivity contribution in [1.82, 2.24) is 0 Å². The molecule has 2 rings (SSSR count). The molecule has 92 valence electrons. The van der Waals surface area contributed by atoms with E-state index in [1.165, 1.54) is 23.5 Å². The molecule has 0 radical (unpaired) electrons. The Labute approximate surface area is 106 Å². The van der Waals surface area contributed by atoms with E-state index in [9.17, 15) is 4.79 Å². The van der Waals surface area contributed by atoms with E-state index in [-0.39, 0.29) is 5.78 Å². The number of aryl methyl sites for hydroxylation is 2. The number of hydrogen-bond donors (Lipinski definition) is 1. The molecule has 18 heavy (non-hydrogen) atoms. The van der Waals surface area contributed by atoms with E-state index >= 15 is 0 Å². The van der Waals surface area contributed by atoms with Crippen LogP contribution in [0.4, 0.5) is 5.69 Å². The zero-order valence-electron chi connectivity index (χ0n) is 10.4. The first-order chi connectivity index (χ1) is 8.65. The van der Waals surface area contributed by atoms with Gasteiger partial charge in [0.05, 0.1) is 6.26 Å². The zero-order chi connectivity index (χ0) is 13.0. The number of rotatable bonds is 4. The normalized spacial score (nSPS) is 10.8. The number of carbonyl (C=O) groups excluding carboxylic acids is 1. The first-order valence-electron chi connectivity index (χ1n) is 5.74. The molecule has 0 bridgehead atoms. The van der Waals surface area contributed by atoms with E-state index in [4.69, 9.17) is 4.42 Å². The Hall–Kier alpha value is -2.29. The molecule has 0 atom stereocenters. The predicted octanol–water partition coefficient (Wildman–Crippen LogP) is 3.70. The van der Waals surface area contributed by atoms with Gasteiger partial charge in [-0.3, -0.25) is 4.79 Å². The fraction of sp³-hybridized carbons (Fsp3) is 0.133. The molecule has 0 saturated heterocycles. The van der Waals surface area contributed by atoms with Crippen molar-refractivity contribution in [3.8, 4) is 0 Å². The third-order valence-corrected chi connectivity index (χ3v) is 2.47. The lowest BCUT2D eigenvalue weighted by Gasteiger charge is -2.03. The van der Waals surface area contributed by atoms with E-state index in [1.807, 2.05) is 26.0 Å². The Bertz CT molecular complexity index is 548. The Morgan fingerprint density at radius 1 is 1.22 bits per heavy atom. The molecule has 0 spiro atoms. The van der Waals surface area contributed by atoms with Crippen LogP contribution in [0.5, 0.6) is 0 Å². The van der Waals surface area contributed by atoms with Gasteiger partial charge in [-0.05, 0) is 49.2 Å². The highest BCUT2D eigenvalue weighted by atomic mass is 16.3. The van der Waals surface area contributed by atoms with Gasteiger partial charge in [0.15, 0.2) is 5.76 Å². The fourth-order valence-electron chi connectivity index (χ4n) is 1.77. The number of hydrogen-bond acceptors (Lipinski definition) is 3. The third-order valence-electron chi connectivity index (χ3n) is 2.47. The molecule has 0 aliphatic rings. The topological polar surface area (TPSA) is 42.2 Å². The molecule has 3 nitrogen and oxygen atoms in total. The summed E-state index contributed by atoms with van der Waals surface area (Å²) in [7, 11) is 0. The van der Waals surface area contributed by atoms with Crippen molar-refractivity contribution in [3.05, 3.63) is 65.8 Å². The lowest BCUT2D eigenvalue weighted by molar-refractivity contribution is 0.102. The molecule has 0 amide bonds. The van der Waals surface area contributed by atoms with Crippen LogP contribution in [0.2, 0.25) is 0 Å². The van der Waals surface area contributed by atoms with Crippen molar-refractivity contribution in [2.24, 2.45) is 0 Å². The Balaban J connectivity index is 2.01. The van der Waals surface area contributed by atoms with Crippen LogP contribution in [0.25, 0.3) is 0 Å². The van der Waals surface area contributed by atoms with E-state index in [0.29, 0.717) is 5.76 Å². The third kappa shape index (κ3) is 3.10. The average Bonchev–Trinajstić information content (AvgIpc) is 2.80. The minimum atomic E-state index is -0.156. The lowest BCUT2D eigenvalue weighted by atomic mass is 10.1. The Morgan fingerprint density at radius 2 is 1.94 bits per heavy atom. The van der Waals surface area contributed by atoms with Crippen molar-refractivity contribution in [3.63, 3.8) is 0 Å². The van der Waals surface area contributed by atoms with Crippen molar-refractivity contribution in [2.45, 2.75) is 13.8 Å². The summed E-state index contributed by atoms with van der Waals surface area (Å²) < 4.78 is 5.01. The molecular weight excluding hydrogens is 226 g/mol. The van der Waals surface area contributed by atoms with Gasteiger partial charge in [0.25, 0.3) is 0 Å². The van der Waals surface area contributed by atoms with E-state index in [0.717, 1.165) is 5.69 Å². The van der Waals surface area contributed by atoms with Crippen LogP contribution in [-0.4, -0.2) is 5.78 Å². The van der Waals surface area contributed by atoms with Crippen molar-refractivity contribution >= 4 is 11.5 Å². The Kier molecular flexibility index (Phi) is 3.63. The highest BCUT2D eigenvalue weighted by Crippen LogP contribution is 2.13. The van der Waals surface area contributed by atoms with Gasteiger partial charge in [-0.25, -0.2) is 0 Å². The lowest BCUT2D eigenvalue weighted by Crippen LogP contribution is -1.94. The molecule has 0 fully saturated rings. The van der Waals surface area contributed by atoms with Gasteiger partial charge in [-0.1, -0.05) is 6.07 Å². The first-order valence-corrected chi connectivity index (χ1v) is 5.74.